The second-order valence-electron chi connectivity index (χ2n) is 6.42. The number of benzene rings is 1. The largest absolute Gasteiger partial charge is 0.352 e. The van der Waals surface area contributed by atoms with Crippen LogP contribution in [0, 0.1) is 5.92 Å². The third kappa shape index (κ3) is 4.04. The average Bonchev–Trinajstić information content (AvgIpc) is 3.38. The maximum Gasteiger partial charge on any atom is 0.252 e. The molecule has 1 saturated heterocycles. The quantitative estimate of drug-likeness (QED) is 0.840. The van der Waals surface area contributed by atoms with Crippen molar-refractivity contribution in [3.05, 3.63) is 33.8 Å². The van der Waals surface area contributed by atoms with Gasteiger partial charge in [-0.3, -0.25) is 4.79 Å². The summed E-state index contributed by atoms with van der Waals surface area (Å²) in [6.45, 7) is 1.61. The van der Waals surface area contributed by atoms with E-state index in [0.717, 1.165) is 25.7 Å². The molecule has 2 fully saturated rings. The summed E-state index contributed by atoms with van der Waals surface area (Å²) in [7, 11) is -3.08. The van der Waals surface area contributed by atoms with Gasteiger partial charge in [-0.15, -0.1) is 0 Å². The molecule has 1 amide bonds. The smallest absolute Gasteiger partial charge is 0.252 e. The van der Waals surface area contributed by atoms with Crippen LogP contribution >= 0.6 is 23.2 Å². The molecule has 1 saturated carbocycles. The van der Waals surface area contributed by atoms with Gasteiger partial charge >= 0.3 is 0 Å². The van der Waals surface area contributed by atoms with Crippen LogP contribution in [-0.4, -0.2) is 43.5 Å². The molecule has 0 atom stereocenters. The summed E-state index contributed by atoms with van der Waals surface area (Å²) < 4.78 is 26.0. The SMILES string of the molecule is O=C(NCC1CCN(S(=O)(=O)C2CC2)CC1)c1ccc(Cl)cc1Cl. The molecule has 0 aromatic heterocycles. The molecule has 0 radical (unpaired) electrons. The van der Waals surface area contributed by atoms with Gasteiger partial charge in [-0.1, -0.05) is 23.2 Å². The Morgan fingerprint density at radius 1 is 1.17 bits per heavy atom. The Labute approximate surface area is 152 Å². The van der Waals surface area contributed by atoms with Gasteiger partial charge in [0.15, 0.2) is 0 Å². The Kier molecular flexibility index (Phi) is 5.39. The molecule has 1 heterocycles. The predicted octanol–water partition coefficient (Wildman–Crippen LogP) is 2.93. The molecule has 1 aliphatic carbocycles. The topological polar surface area (TPSA) is 66.5 Å². The van der Waals surface area contributed by atoms with Crippen LogP contribution < -0.4 is 5.32 Å². The number of hydrogen-bond acceptors (Lipinski definition) is 3. The summed E-state index contributed by atoms with van der Waals surface area (Å²) in [5, 5.41) is 3.54. The van der Waals surface area contributed by atoms with Crippen LogP contribution in [-0.2, 0) is 10.0 Å². The highest BCUT2D eigenvalue weighted by atomic mass is 35.5. The highest BCUT2D eigenvalue weighted by Crippen LogP contribution is 2.33. The van der Waals surface area contributed by atoms with Gasteiger partial charge in [0.1, 0.15) is 0 Å². The molecule has 0 unspecified atom stereocenters. The molecule has 0 bridgehead atoms. The van der Waals surface area contributed by atoms with Crippen LogP contribution in [0.1, 0.15) is 36.0 Å². The fourth-order valence-corrected chi connectivity index (χ4v) is 5.32. The first-order valence-electron chi connectivity index (χ1n) is 8.10. The number of rotatable bonds is 5. The van der Waals surface area contributed by atoms with E-state index in [9.17, 15) is 13.2 Å². The molecular formula is C16H20Cl2N2O3S. The zero-order chi connectivity index (χ0) is 17.3. The zero-order valence-corrected chi connectivity index (χ0v) is 15.5. The second-order valence-corrected chi connectivity index (χ2v) is 9.48. The minimum atomic E-state index is -3.08. The Hall–Kier alpha value is -0.820. The van der Waals surface area contributed by atoms with E-state index in [1.807, 2.05) is 0 Å². The van der Waals surface area contributed by atoms with Crippen LogP contribution in [0.25, 0.3) is 0 Å². The standard InChI is InChI=1S/C16H20Cl2N2O3S/c17-12-1-4-14(15(18)9-12)16(21)19-10-11-5-7-20(8-6-11)24(22,23)13-2-3-13/h1,4,9,11,13H,2-3,5-8,10H2,(H,19,21). The number of nitrogens with one attached hydrogen (secondary N) is 1. The van der Waals surface area contributed by atoms with Gasteiger partial charge in [-0.25, -0.2) is 12.7 Å². The first-order valence-corrected chi connectivity index (χ1v) is 10.4. The highest BCUT2D eigenvalue weighted by Gasteiger charge is 2.41. The summed E-state index contributed by atoms with van der Waals surface area (Å²) in [6.07, 6.45) is 3.11. The van der Waals surface area contributed by atoms with E-state index in [2.05, 4.69) is 5.32 Å². The zero-order valence-electron chi connectivity index (χ0n) is 13.2. The van der Waals surface area contributed by atoms with Crippen molar-refractivity contribution in [2.45, 2.75) is 30.9 Å². The fourth-order valence-electron chi connectivity index (χ4n) is 2.95. The van der Waals surface area contributed by atoms with Gasteiger partial charge in [-0.05, 0) is 49.8 Å². The molecule has 8 heteroatoms. The molecule has 24 heavy (non-hydrogen) atoms. The minimum Gasteiger partial charge on any atom is -0.352 e. The lowest BCUT2D eigenvalue weighted by atomic mass is 9.98. The van der Waals surface area contributed by atoms with E-state index >= 15 is 0 Å². The number of carbonyl (C=O) groups excluding carboxylic acids is 1. The van der Waals surface area contributed by atoms with Gasteiger partial charge in [0.05, 0.1) is 15.8 Å². The Balaban J connectivity index is 1.49. The van der Waals surface area contributed by atoms with E-state index < -0.39 is 10.0 Å². The van der Waals surface area contributed by atoms with Crippen LogP contribution in [0.15, 0.2) is 18.2 Å². The number of halogens is 2. The molecule has 2 aliphatic rings. The molecule has 0 spiro atoms. The van der Waals surface area contributed by atoms with Crippen LogP contribution in [0.3, 0.4) is 0 Å². The Morgan fingerprint density at radius 2 is 1.83 bits per heavy atom. The minimum absolute atomic E-state index is 0.152. The molecule has 1 aliphatic heterocycles. The number of amides is 1. The van der Waals surface area contributed by atoms with Crippen molar-refractivity contribution in [3.8, 4) is 0 Å². The van der Waals surface area contributed by atoms with Gasteiger partial charge in [0.25, 0.3) is 5.91 Å². The molecule has 1 aromatic carbocycles. The summed E-state index contributed by atoms with van der Waals surface area (Å²) >= 11 is 11.9. The third-order valence-electron chi connectivity index (χ3n) is 4.61. The van der Waals surface area contributed by atoms with E-state index in [0.29, 0.717) is 35.2 Å². The summed E-state index contributed by atoms with van der Waals surface area (Å²) in [4.78, 5) is 12.2. The van der Waals surface area contributed by atoms with Crippen LogP contribution in [0.5, 0.6) is 0 Å². The van der Waals surface area contributed by atoms with Gasteiger partial charge in [0, 0.05) is 24.7 Å². The van der Waals surface area contributed by atoms with Crippen molar-refractivity contribution in [2.24, 2.45) is 5.92 Å². The summed E-state index contributed by atoms with van der Waals surface area (Å²) in [5.74, 6) is 0.0513. The lowest BCUT2D eigenvalue weighted by Crippen LogP contribution is -2.42. The monoisotopic (exact) mass is 390 g/mol. The van der Waals surface area contributed by atoms with Crippen LogP contribution in [0.4, 0.5) is 0 Å². The molecule has 132 valence electrons. The predicted molar refractivity (Wildman–Crippen MR) is 95.0 cm³/mol. The van der Waals surface area contributed by atoms with Crippen molar-refractivity contribution >= 4 is 39.1 Å². The van der Waals surface area contributed by atoms with Crippen molar-refractivity contribution in [2.75, 3.05) is 19.6 Å². The molecule has 1 aromatic rings. The lowest BCUT2D eigenvalue weighted by molar-refractivity contribution is 0.0941. The first kappa shape index (κ1) is 18.0. The molecule has 3 rings (SSSR count). The maximum atomic E-state index is 12.2. The average molecular weight is 391 g/mol. The number of hydrogen-bond donors (Lipinski definition) is 1. The molecular weight excluding hydrogens is 371 g/mol. The van der Waals surface area contributed by atoms with E-state index in [4.69, 9.17) is 23.2 Å². The van der Waals surface area contributed by atoms with Crippen LogP contribution in [0.2, 0.25) is 10.0 Å². The van der Waals surface area contributed by atoms with E-state index in [-0.39, 0.29) is 17.1 Å². The lowest BCUT2D eigenvalue weighted by Gasteiger charge is -2.31. The van der Waals surface area contributed by atoms with E-state index in [1.165, 1.54) is 0 Å². The number of carbonyl (C=O) groups is 1. The third-order valence-corrected chi connectivity index (χ3v) is 7.55. The van der Waals surface area contributed by atoms with Crippen molar-refractivity contribution in [1.82, 2.24) is 9.62 Å². The maximum absolute atomic E-state index is 12.2. The van der Waals surface area contributed by atoms with E-state index in [1.54, 1.807) is 22.5 Å². The van der Waals surface area contributed by atoms with Crippen molar-refractivity contribution < 1.29 is 13.2 Å². The summed E-state index contributed by atoms with van der Waals surface area (Å²) in [5.41, 5.74) is 0.398. The van der Waals surface area contributed by atoms with Gasteiger partial charge in [-0.2, -0.15) is 0 Å². The van der Waals surface area contributed by atoms with Crippen molar-refractivity contribution in [1.29, 1.82) is 0 Å². The normalized spacial score (nSPS) is 20.1. The van der Waals surface area contributed by atoms with Crippen molar-refractivity contribution in [3.63, 3.8) is 0 Å². The number of sulfonamides is 1. The highest BCUT2D eigenvalue weighted by molar-refractivity contribution is 7.90. The fraction of sp³-hybridized carbons (Fsp3) is 0.562. The Bertz CT molecular complexity index is 727. The first-order chi connectivity index (χ1) is 11.4. The molecule has 1 N–H and O–H groups in total. The number of piperidine rings is 1. The number of nitrogens with zero attached hydrogens (tertiary/aromatic N) is 1. The Morgan fingerprint density at radius 3 is 2.42 bits per heavy atom. The molecule has 5 nitrogen and oxygen atoms in total. The van der Waals surface area contributed by atoms with Gasteiger partial charge < -0.3 is 5.32 Å². The second kappa shape index (κ2) is 7.20. The summed E-state index contributed by atoms with van der Waals surface area (Å²) in [6, 6.07) is 4.77. The van der Waals surface area contributed by atoms with Gasteiger partial charge in [0.2, 0.25) is 10.0 Å².